The first kappa shape index (κ1) is 15.6. The van der Waals surface area contributed by atoms with E-state index < -0.39 is 0 Å². The second kappa shape index (κ2) is 6.76. The fourth-order valence-electron chi connectivity index (χ4n) is 2.38. The number of hydrogen-bond donors (Lipinski definition) is 2. The van der Waals surface area contributed by atoms with Crippen LogP contribution in [0.5, 0.6) is 5.75 Å². The number of methoxy groups -OCH3 is 1. The summed E-state index contributed by atoms with van der Waals surface area (Å²) in [5, 5.41) is 14.6. The third-order valence-electron chi connectivity index (χ3n) is 3.72. The van der Waals surface area contributed by atoms with E-state index in [0.29, 0.717) is 0 Å². The number of rotatable bonds is 7. The minimum atomic E-state index is 0.117. The molecule has 4 nitrogen and oxygen atoms in total. The molecule has 0 aliphatic rings. The zero-order chi connectivity index (χ0) is 15.3. The maximum atomic E-state index is 8.97. The van der Waals surface area contributed by atoms with Crippen molar-refractivity contribution in [2.24, 2.45) is 5.41 Å². The summed E-state index contributed by atoms with van der Waals surface area (Å²) in [6.07, 6.45) is 3.62. The van der Waals surface area contributed by atoms with E-state index in [0.717, 1.165) is 41.7 Å². The van der Waals surface area contributed by atoms with Crippen molar-refractivity contribution in [3.05, 3.63) is 30.5 Å². The van der Waals surface area contributed by atoms with Gasteiger partial charge in [0.1, 0.15) is 11.6 Å². The fourth-order valence-corrected chi connectivity index (χ4v) is 2.38. The average molecular weight is 288 g/mol. The highest BCUT2D eigenvalue weighted by Gasteiger charge is 2.17. The Labute approximate surface area is 126 Å². The van der Waals surface area contributed by atoms with Gasteiger partial charge in [-0.05, 0) is 41.8 Å². The lowest BCUT2D eigenvalue weighted by Gasteiger charge is -2.25. The largest absolute Gasteiger partial charge is 0.497 e. The highest BCUT2D eigenvalue weighted by Crippen LogP contribution is 2.28. The van der Waals surface area contributed by atoms with Gasteiger partial charge < -0.3 is 15.2 Å². The van der Waals surface area contributed by atoms with Gasteiger partial charge >= 0.3 is 0 Å². The number of benzene rings is 1. The van der Waals surface area contributed by atoms with Gasteiger partial charge in [0, 0.05) is 24.7 Å². The second-order valence-corrected chi connectivity index (χ2v) is 6.09. The Bertz CT molecular complexity index is 596. The molecule has 0 aliphatic carbocycles. The zero-order valence-corrected chi connectivity index (χ0v) is 13.0. The third kappa shape index (κ3) is 4.08. The normalized spacial score (nSPS) is 11.6. The van der Waals surface area contributed by atoms with Crippen LogP contribution in [0.3, 0.4) is 0 Å². The maximum Gasteiger partial charge on any atom is 0.133 e. The van der Waals surface area contributed by atoms with Crippen molar-refractivity contribution in [3.8, 4) is 5.75 Å². The van der Waals surface area contributed by atoms with Crippen LogP contribution in [0.4, 0.5) is 5.82 Å². The molecule has 2 rings (SSSR count). The predicted molar refractivity (Wildman–Crippen MR) is 86.9 cm³/mol. The van der Waals surface area contributed by atoms with Crippen LogP contribution in [0, 0.1) is 5.41 Å². The first-order valence-corrected chi connectivity index (χ1v) is 7.33. The molecule has 0 bridgehead atoms. The first-order valence-electron chi connectivity index (χ1n) is 7.33. The van der Waals surface area contributed by atoms with Crippen molar-refractivity contribution in [1.82, 2.24) is 4.98 Å². The summed E-state index contributed by atoms with van der Waals surface area (Å²) in [5.41, 5.74) is 0.117. The van der Waals surface area contributed by atoms with E-state index in [1.165, 1.54) is 0 Å². The van der Waals surface area contributed by atoms with Crippen LogP contribution >= 0.6 is 0 Å². The Balaban J connectivity index is 2.18. The van der Waals surface area contributed by atoms with Crippen LogP contribution in [0.1, 0.15) is 26.7 Å². The van der Waals surface area contributed by atoms with Gasteiger partial charge in [-0.25, -0.2) is 4.98 Å². The van der Waals surface area contributed by atoms with Crippen molar-refractivity contribution >= 4 is 16.6 Å². The van der Waals surface area contributed by atoms with Gasteiger partial charge in [0.2, 0.25) is 0 Å². The van der Waals surface area contributed by atoms with Gasteiger partial charge in [-0.3, -0.25) is 0 Å². The molecule has 0 amide bonds. The Morgan fingerprint density at radius 1 is 1.29 bits per heavy atom. The monoisotopic (exact) mass is 288 g/mol. The lowest BCUT2D eigenvalue weighted by atomic mass is 9.88. The molecule has 0 atom stereocenters. The summed E-state index contributed by atoms with van der Waals surface area (Å²) in [6.45, 7) is 5.45. The van der Waals surface area contributed by atoms with E-state index in [9.17, 15) is 0 Å². The molecule has 0 unspecified atom stereocenters. The van der Waals surface area contributed by atoms with Gasteiger partial charge in [0.15, 0.2) is 0 Å². The SMILES string of the molecule is COc1ccc2ccnc(NCC(C)(C)CCCO)c2c1. The van der Waals surface area contributed by atoms with E-state index in [4.69, 9.17) is 9.84 Å². The fraction of sp³-hybridized carbons (Fsp3) is 0.471. The Morgan fingerprint density at radius 3 is 2.81 bits per heavy atom. The van der Waals surface area contributed by atoms with Gasteiger partial charge in [0.05, 0.1) is 7.11 Å². The number of nitrogens with zero attached hydrogens (tertiary/aromatic N) is 1. The molecule has 0 radical (unpaired) electrons. The molecule has 114 valence electrons. The molecule has 0 fully saturated rings. The van der Waals surface area contributed by atoms with Gasteiger partial charge in [-0.1, -0.05) is 19.9 Å². The lowest BCUT2D eigenvalue weighted by Crippen LogP contribution is -2.23. The average Bonchev–Trinajstić information content (AvgIpc) is 2.50. The number of hydrogen-bond acceptors (Lipinski definition) is 4. The van der Waals surface area contributed by atoms with Crippen LogP contribution in [0.25, 0.3) is 10.8 Å². The van der Waals surface area contributed by atoms with Crippen LogP contribution < -0.4 is 10.1 Å². The minimum absolute atomic E-state index is 0.117. The number of ether oxygens (including phenoxy) is 1. The standard InChI is InChI=1S/C17H24N2O2/c1-17(2,8-4-10-20)12-19-16-15-11-14(21-3)6-5-13(15)7-9-18-16/h5-7,9,11,20H,4,8,10,12H2,1-3H3,(H,18,19). The number of fused-ring (bicyclic) bond motifs is 1. The molecule has 1 aromatic heterocycles. The molecule has 2 aromatic rings. The number of aliphatic hydroxyl groups excluding tert-OH is 1. The zero-order valence-electron chi connectivity index (χ0n) is 13.0. The highest BCUT2D eigenvalue weighted by molar-refractivity contribution is 5.92. The summed E-state index contributed by atoms with van der Waals surface area (Å²) in [4.78, 5) is 4.45. The van der Waals surface area contributed by atoms with E-state index in [1.54, 1.807) is 7.11 Å². The molecule has 21 heavy (non-hydrogen) atoms. The van der Waals surface area contributed by atoms with Crippen LogP contribution in [-0.2, 0) is 0 Å². The van der Waals surface area contributed by atoms with Gasteiger partial charge in [0.25, 0.3) is 0 Å². The molecule has 1 heterocycles. The molecule has 0 aliphatic heterocycles. The smallest absolute Gasteiger partial charge is 0.133 e. The van der Waals surface area contributed by atoms with Crippen LogP contribution in [-0.4, -0.2) is 30.4 Å². The summed E-state index contributed by atoms with van der Waals surface area (Å²) in [6, 6.07) is 8.00. The number of aliphatic hydroxyl groups is 1. The molecular formula is C17H24N2O2. The number of nitrogens with one attached hydrogen (secondary N) is 1. The lowest BCUT2D eigenvalue weighted by molar-refractivity contribution is 0.248. The van der Waals surface area contributed by atoms with E-state index in [-0.39, 0.29) is 12.0 Å². The molecule has 0 saturated heterocycles. The highest BCUT2D eigenvalue weighted by atomic mass is 16.5. The first-order chi connectivity index (χ1) is 10.1. The maximum absolute atomic E-state index is 8.97. The van der Waals surface area contributed by atoms with Gasteiger partial charge in [-0.2, -0.15) is 0 Å². The topological polar surface area (TPSA) is 54.4 Å². The molecule has 0 spiro atoms. The number of aromatic nitrogens is 1. The summed E-state index contributed by atoms with van der Waals surface area (Å²) in [5.74, 6) is 1.71. The van der Waals surface area contributed by atoms with Crippen molar-refractivity contribution < 1.29 is 9.84 Å². The molecule has 0 saturated carbocycles. The predicted octanol–water partition coefficient (Wildman–Crippen LogP) is 3.45. The van der Waals surface area contributed by atoms with Crippen molar-refractivity contribution in [3.63, 3.8) is 0 Å². The van der Waals surface area contributed by atoms with Crippen molar-refractivity contribution in [2.75, 3.05) is 25.6 Å². The second-order valence-electron chi connectivity index (χ2n) is 6.09. The number of anilines is 1. The molecular weight excluding hydrogens is 264 g/mol. The van der Waals surface area contributed by atoms with E-state index >= 15 is 0 Å². The van der Waals surface area contributed by atoms with E-state index in [1.807, 2.05) is 30.5 Å². The van der Waals surface area contributed by atoms with E-state index in [2.05, 4.69) is 24.1 Å². The molecule has 4 heteroatoms. The minimum Gasteiger partial charge on any atom is -0.497 e. The van der Waals surface area contributed by atoms with Crippen molar-refractivity contribution in [1.29, 1.82) is 0 Å². The van der Waals surface area contributed by atoms with Crippen LogP contribution in [0.2, 0.25) is 0 Å². The quantitative estimate of drug-likeness (QED) is 0.819. The third-order valence-corrected chi connectivity index (χ3v) is 3.72. The molecule has 2 N–H and O–H groups in total. The van der Waals surface area contributed by atoms with Crippen molar-refractivity contribution in [2.45, 2.75) is 26.7 Å². The Morgan fingerprint density at radius 2 is 2.10 bits per heavy atom. The van der Waals surface area contributed by atoms with Gasteiger partial charge in [-0.15, -0.1) is 0 Å². The summed E-state index contributed by atoms with van der Waals surface area (Å²) >= 11 is 0. The summed E-state index contributed by atoms with van der Waals surface area (Å²) in [7, 11) is 1.67. The molecule has 1 aromatic carbocycles. The Hall–Kier alpha value is -1.81. The number of pyridine rings is 1. The van der Waals surface area contributed by atoms with Crippen LogP contribution in [0.15, 0.2) is 30.5 Å². The summed E-state index contributed by atoms with van der Waals surface area (Å²) < 4.78 is 5.29. The Kier molecular flexibility index (Phi) is 5.02.